The number of carbonyl (C=O) groups is 1. The molecule has 0 aliphatic heterocycles. The summed E-state index contributed by atoms with van der Waals surface area (Å²) < 4.78 is 49.4. The van der Waals surface area contributed by atoms with Crippen LogP contribution in [0.15, 0.2) is 82.3 Å². The summed E-state index contributed by atoms with van der Waals surface area (Å²) >= 11 is 3.35. The van der Waals surface area contributed by atoms with E-state index in [1.807, 2.05) is 0 Å². The van der Waals surface area contributed by atoms with Gasteiger partial charge in [-0.05, 0) is 60.7 Å². The Kier molecular flexibility index (Phi) is 6.39. The first-order chi connectivity index (χ1) is 13.8. The smallest absolute Gasteiger partial charge is 0.302 e. The molecule has 1 amide bonds. The van der Waals surface area contributed by atoms with Crippen LogP contribution in [0.5, 0.6) is 0 Å². The Morgan fingerprint density at radius 2 is 1.66 bits per heavy atom. The van der Waals surface area contributed by atoms with Gasteiger partial charge in [-0.25, -0.2) is 8.42 Å². The minimum absolute atomic E-state index is 0.164. The molecule has 0 aliphatic carbocycles. The molecule has 0 saturated heterocycles. The number of sulfone groups is 1. The van der Waals surface area contributed by atoms with Crippen molar-refractivity contribution in [2.24, 2.45) is 0 Å². The minimum atomic E-state index is -4.72. The fourth-order valence-electron chi connectivity index (χ4n) is 2.60. The standard InChI is InChI=1S/C20H15BrF2N2O3S/c21-15-6-8-17(9-7-15)25(13-16-3-1-2-12-24-16)19(26)14-4-10-18(11-5-14)29(27,28)20(22)23/h1-12,20H,13H2. The van der Waals surface area contributed by atoms with E-state index in [2.05, 4.69) is 20.9 Å². The molecule has 3 aromatic rings. The van der Waals surface area contributed by atoms with Gasteiger partial charge in [0.25, 0.3) is 5.91 Å². The van der Waals surface area contributed by atoms with Gasteiger partial charge < -0.3 is 4.90 Å². The lowest BCUT2D eigenvalue weighted by Crippen LogP contribution is -2.30. The molecule has 3 rings (SSSR count). The second kappa shape index (κ2) is 8.79. The van der Waals surface area contributed by atoms with Crippen LogP contribution in [0.1, 0.15) is 16.1 Å². The monoisotopic (exact) mass is 480 g/mol. The number of rotatable bonds is 6. The van der Waals surface area contributed by atoms with Crippen molar-refractivity contribution in [3.63, 3.8) is 0 Å². The van der Waals surface area contributed by atoms with Crippen molar-refractivity contribution in [2.45, 2.75) is 17.2 Å². The second-order valence-corrected chi connectivity index (χ2v) is 8.85. The lowest BCUT2D eigenvalue weighted by molar-refractivity contribution is 0.0984. The van der Waals surface area contributed by atoms with Crippen molar-refractivity contribution in [3.8, 4) is 0 Å². The maximum atomic E-state index is 13.1. The number of benzene rings is 2. The van der Waals surface area contributed by atoms with Crippen molar-refractivity contribution in [3.05, 3.63) is 88.7 Å². The summed E-state index contributed by atoms with van der Waals surface area (Å²) in [5, 5.41) is 0. The van der Waals surface area contributed by atoms with E-state index in [1.54, 1.807) is 48.7 Å². The van der Waals surface area contributed by atoms with E-state index in [-0.39, 0.29) is 12.1 Å². The molecule has 150 valence electrons. The van der Waals surface area contributed by atoms with Gasteiger partial charge in [0.15, 0.2) is 0 Å². The number of amides is 1. The maximum absolute atomic E-state index is 13.1. The molecular weight excluding hydrogens is 466 g/mol. The Hall–Kier alpha value is -2.65. The third kappa shape index (κ3) is 4.86. The Balaban J connectivity index is 1.95. The molecular formula is C20H15BrF2N2O3S. The summed E-state index contributed by atoms with van der Waals surface area (Å²) in [6.45, 7) is 0.179. The molecule has 1 heterocycles. The van der Waals surface area contributed by atoms with Crippen LogP contribution >= 0.6 is 15.9 Å². The number of carbonyl (C=O) groups excluding carboxylic acids is 1. The molecule has 5 nitrogen and oxygen atoms in total. The lowest BCUT2D eigenvalue weighted by atomic mass is 10.1. The van der Waals surface area contributed by atoms with Crippen LogP contribution in [0.25, 0.3) is 0 Å². The molecule has 1 aromatic heterocycles. The summed E-state index contributed by atoms with van der Waals surface area (Å²) in [5.74, 6) is -3.94. The summed E-state index contributed by atoms with van der Waals surface area (Å²) in [7, 11) is -4.72. The maximum Gasteiger partial charge on any atom is 0.341 e. The van der Waals surface area contributed by atoms with Crippen molar-refractivity contribution in [2.75, 3.05) is 4.90 Å². The fraction of sp³-hybridized carbons (Fsp3) is 0.100. The van der Waals surface area contributed by atoms with Crippen LogP contribution in [-0.4, -0.2) is 25.1 Å². The van der Waals surface area contributed by atoms with Gasteiger partial charge in [0.2, 0.25) is 9.84 Å². The summed E-state index contributed by atoms with van der Waals surface area (Å²) in [5.41, 5.74) is 1.42. The van der Waals surface area contributed by atoms with Crippen LogP contribution < -0.4 is 4.90 Å². The van der Waals surface area contributed by atoms with E-state index >= 15 is 0 Å². The van der Waals surface area contributed by atoms with Crippen molar-refractivity contribution < 1.29 is 22.0 Å². The zero-order valence-electron chi connectivity index (χ0n) is 14.9. The molecule has 0 saturated carbocycles. The Bertz CT molecular complexity index is 1090. The van der Waals surface area contributed by atoms with Crippen molar-refractivity contribution in [1.82, 2.24) is 4.98 Å². The summed E-state index contributed by atoms with van der Waals surface area (Å²) in [6, 6.07) is 16.9. The van der Waals surface area contributed by atoms with Crippen LogP contribution in [0.3, 0.4) is 0 Å². The van der Waals surface area contributed by atoms with E-state index < -0.39 is 26.4 Å². The van der Waals surface area contributed by atoms with Crippen molar-refractivity contribution >= 4 is 37.4 Å². The number of pyridine rings is 1. The molecule has 0 unspecified atom stereocenters. The normalized spacial score (nSPS) is 11.4. The van der Waals surface area contributed by atoms with Gasteiger partial charge in [-0.3, -0.25) is 9.78 Å². The number of aromatic nitrogens is 1. The third-order valence-corrected chi connectivity index (χ3v) is 6.02. The number of halogens is 3. The molecule has 0 N–H and O–H groups in total. The molecule has 0 atom stereocenters. The highest BCUT2D eigenvalue weighted by Crippen LogP contribution is 2.24. The summed E-state index contributed by atoms with van der Waals surface area (Å²) in [4.78, 5) is 18.3. The quantitative estimate of drug-likeness (QED) is 0.513. The van der Waals surface area contributed by atoms with Gasteiger partial charge >= 0.3 is 5.76 Å². The van der Waals surface area contributed by atoms with E-state index in [1.165, 1.54) is 17.0 Å². The highest BCUT2D eigenvalue weighted by Gasteiger charge is 2.27. The number of anilines is 1. The summed E-state index contributed by atoms with van der Waals surface area (Å²) in [6.07, 6.45) is 1.61. The molecule has 2 aromatic carbocycles. The van der Waals surface area contributed by atoms with Crippen molar-refractivity contribution in [1.29, 1.82) is 0 Å². The zero-order chi connectivity index (χ0) is 21.0. The largest absolute Gasteiger partial charge is 0.341 e. The zero-order valence-corrected chi connectivity index (χ0v) is 17.3. The Morgan fingerprint density at radius 1 is 1.00 bits per heavy atom. The first-order valence-corrected chi connectivity index (χ1v) is 10.7. The second-order valence-electron chi connectivity index (χ2n) is 6.02. The average Bonchev–Trinajstić information content (AvgIpc) is 2.73. The predicted octanol–water partition coefficient (Wildman–Crippen LogP) is 4.69. The molecule has 0 spiro atoms. The predicted molar refractivity (Wildman–Crippen MR) is 109 cm³/mol. The van der Waals surface area contributed by atoms with Crippen LogP contribution in [0.2, 0.25) is 0 Å². The van der Waals surface area contributed by atoms with E-state index in [4.69, 9.17) is 0 Å². The average molecular weight is 481 g/mol. The van der Waals surface area contributed by atoms with E-state index in [0.29, 0.717) is 11.4 Å². The lowest BCUT2D eigenvalue weighted by Gasteiger charge is -2.23. The van der Waals surface area contributed by atoms with Gasteiger partial charge in [-0.2, -0.15) is 8.78 Å². The van der Waals surface area contributed by atoms with Crippen LogP contribution in [0.4, 0.5) is 14.5 Å². The number of hydrogen-bond acceptors (Lipinski definition) is 4. The fourth-order valence-corrected chi connectivity index (χ4v) is 3.59. The van der Waals surface area contributed by atoms with Gasteiger partial charge in [0.05, 0.1) is 17.1 Å². The topological polar surface area (TPSA) is 67.3 Å². The number of hydrogen-bond donors (Lipinski definition) is 0. The molecule has 0 fully saturated rings. The number of alkyl halides is 2. The first kappa shape index (κ1) is 21.1. The van der Waals surface area contributed by atoms with E-state index in [0.717, 1.165) is 16.6 Å². The molecule has 0 radical (unpaired) electrons. The third-order valence-electron chi connectivity index (χ3n) is 4.09. The first-order valence-electron chi connectivity index (χ1n) is 8.38. The van der Waals surface area contributed by atoms with E-state index in [9.17, 15) is 22.0 Å². The Morgan fingerprint density at radius 3 is 2.21 bits per heavy atom. The van der Waals surface area contributed by atoms with Gasteiger partial charge in [-0.1, -0.05) is 22.0 Å². The van der Waals surface area contributed by atoms with Crippen LogP contribution in [0, 0.1) is 0 Å². The Labute approximate surface area is 175 Å². The van der Waals surface area contributed by atoms with Crippen LogP contribution in [-0.2, 0) is 16.4 Å². The molecule has 0 bridgehead atoms. The highest BCUT2D eigenvalue weighted by atomic mass is 79.9. The highest BCUT2D eigenvalue weighted by molar-refractivity contribution is 9.10. The number of nitrogens with zero attached hydrogens (tertiary/aromatic N) is 2. The SMILES string of the molecule is O=C(c1ccc(S(=O)(=O)C(F)F)cc1)N(Cc1ccccn1)c1ccc(Br)cc1. The van der Waals surface area contributed by atoms with Gasteiger partial charge in [0, 0.05) is 21.9 Å². The molecule has 29 heavy (non-hydrogen) atoms. The van der Waals surface area contributed by atoms with Gasteiger partial charge in [0.1, 0.15) is 0 Å². The van der Waals surface area contributed by atoms with Gasteiger partial charge in [-0.15, -0.1) is 0 Å². The minimum Gasteiger partial charge on any atom is -0.302 e. The molecule has 0 aliphatic rings. The molecule has 9 heteroatoms.